The van der Waals surface area contributed by atoms with Crippen LogP contribution in [0, 0.1) is 0 Å². The molecule has 1 aliphatic rings. The van der Waals surface area contributed by atoms with Gasteiger partial charge in [-0.15, -0.1) is 11.3 Å². The zero-order chi connectivity index (χ0) is 19.6. The van der Waals surface area contributed by atoms with E-state index in [1.165, 1.54) is 12.5 Å². The van der Waals surface area contributed by atoms with Crippen molar-refractivity contribution in [3.05, 3.63) is 11.1 Å². The molecule has 0 aliphatic carbocycles. The highest BCUT2D eigenvalue weighted by Crippen LogP contribution is 2.25. The Morgan fingerprint density at radius 1 is 1.50 bits per heavy atom. The molecule has 1 saturated heterocycles. The average molecular weight is 407 g/mol. The summed E-state index contributed by atoms with van der Waals surface area (Å²) in [4.78, 5) is 43.8. The smallest absolute Gasteiger partial charge is 0.365 e. The van der Waals surface area contributed by atoms with Gasteiger partial charge in [-0.1, -0.05) is 5.16 Å². The van der Waals surface area contributed by atoms with Crippen molar-refractivity contribution in [2.45, 2.75) is 19.2 Å². The Labute approximate surface area is 150 Å². The molecule has 2 unspecified atom stereocenters. The molecule has 1 aliphatic heterocycles. The van der Waals surface area contributed by atoms with E-state index in [4.69, 9.17) is 10.3 Å². The fourth-order valence-corrected chi connectivity index (χ4v) is 3.32. The van der Waals surface area contributed by atoms with Gasteiger partial charge in [-0.2, -0.15) is 12.7 Å². The van der Waals surface area contributed by atoms with E-state index in [1.807, 2.05) is 0 Å². The molecule has 1 fully saturated rings. The highest BCUT2D eigenvalue weighted by molar-refractivity contribution is 7.84. The number of aromatic nitrogens is 1. The van der Waals surface area contributed by atoms with E-state index in [2.05, 4.69) is 25.0 Å². The lowest BCUT2D eigenvalue weighted by atomic mass is 10.1. The average Bonchev–Trinajstić information content (AvgIpc) is 2.94. The van der Waals surface area contributed by atoms with Gasteiger partial charge in [0.05, 0.1) is 0 Å². The molecule has 142 valence electrons. The monoisotopic (exact) mass is 407 g/mol. The number of carbonyl (C=O) groups excluding carboxylic acids is 3. The van der Waals surface area contributed by atoms with Crippen LogP contribution in [0.2, 0.25) is 0 Å². The molecule has 0 aromatic carbocycles. The van der Waals surface area contributed by atoms with Gasteiger partial charge >= 0.3 is 16.3 Å². The van der Waals surface area contributed by atoms with E-state index in [-0.39, 0.29) is 20.8 Å². The van der Waals surface area contributed by atoms with Crippen molar-refractivity contribution < 1.29 is 36.9 Å². The van der Waals surface area contributed by atoms with Crippen LogP contribution < -0.4 is 11.1 Å². The fraction of sp³-hybridized carbons (Fsp3) is 0.364. The number of rotatable bonds is 6. The molecule has 1 aromatic heterocycles. The van der Waals surface area contributed by atoms with Crippen LogP contribution in [0.15, 0.2) is 10.5 Å². The summed E-state index contributed by atoms with van der Waals surface area (Å²) in [7, 11) is -3.82. The van der Waals surface area contributed by atoms with E-state index in [9.17, 15) is 22.8 Å². The van der Waals surface area contributed by atoms with Gasteiger partial charge in [-0.25, -0.2) is 4.98 Å². The highest BCUT2D eigenvalue weighted by atomic mass is 32.2. The van der Waals surface area contributed by atoms with Gasteiger partial charge in [0.1, 0.15) is 12.8 Å². The first-order valence-electron chi connectivity index (χ1n) is 6.67. The lowest BCUT2D eigenvalue weighted by molar-refractivity contribution is -0.178. The van der Waals surface area contributed by atoms with Gasteiger partial charge in [-0.3, -0.25) is 18.9 Å². The number of nitrogens with one attached hydrogen (secondary N) is 1. The molecule has 4 N–H and O–H groups in total. The number of ether oxygens (including phenoxy) is 1. The molecule has 0 bridgehead atoms. The molecule has 1 aromatic rings. The van der Waals surface area contributed by atoms with Crippen LogP contribution in [0.25, 0.3) is 0 Å². The second-order valence-electron chi connectivity index (χ2n) is 4.76. The van der Waals surface area contributed by atoms with E-state index < -0.39 is 40.4 Å². The first-order valence-corrected chi connectivity index (χ1v) is 8.95. The molecule has 2 amide bonds. The number of nitrogen functional groups attached to an aromatic ring is 1. The van der Waals surface area contributed by atoms with E-state index in [0.717, 1.165) is 18.3 Å². The maximum Gasteiger partial charge on any atom is 0.365 e. The summed E-state index contributed by atoms with van der Waals surface area (Å²) >= 11 is 1.02. The third-order valence-electron chi connectivity index (χ3n) is 2.98. The number of amides is 2. The van der Waals surface area contributed by atoms with Crippen molar-refractivity contribution in [3.63, 3.8) is 0 Å². The molecule has 13 nitrogen and oxygen atoms in total. The third kappa shape index (κ3) is 3.89. The number of oxime groups is 1. The summed E-state index contributed by atoms with van der Waals surface area (Å²) in [5, 5.41) is 7.19. The van der Waals surface area contributed by atoms with E-state index in [0.29, 0.717) is 0 Å². The first kappa shape index (κ1) is 19.5. The molecule has 0 saturated carbocycles. The second-order valence-corrected chi connectivity index (χ2v) is 6.94. The van der Waals surface area contributed by atoms with E-state index in [1.54, 1.807) is 0 Å². The Morgan fingerprint density at radius 2 is 2.15 bits per heavy atom. The SMILES string of the molecule is CON=C(C(=O)NC1C(=O)N(S(=O)(=O)O)C1OC(C)=O)c1csc(N)n1. The van der Waals surface area contributed by atoms with Crippen molar-refractivity contribution in [3.8, 4) is 0 Å². The predicted octanol–water partition coefficient (Wildman–Crippen LogP) is -1.91. The molecule has 0 spiro atoms. The van der Waals surface area contributed by atoms with Gasteiger partial charge < -0.3 is 20.6 Å². The number of hydrogen-bond acceptors (Lipinski definition) is 11. The number of nitrogens with two attached hydrogens (primary N) is 1. The zero-order valence-electron chi connectivity index (χ0n) is 13.3. The number of thiazole rings is 1. The number of carbonyl (C=O) groups is 3. The number of hydrogen-bond donors (Lipinski definition) is 3. The number of β-lactam (4-membered cyclic amide) rings is 1. The topological polar surface area (TPSA) is 191 Å². The van der Waals surface area contributed by atoms with Crippen molar-refractivity contribution in [1.29, 1.82) is 0 Å². The van der Waals surface area contributed by atoms with E-state index >= 15 is 0 Å². The van der Waals surface area contributed by atoms with Crippen LogP contribution in [0.1, 0.15) is 12.6 Å². The van der Waals surface area contributed by atoms with Crippen LogP contribution in [0.3, 0.4) is 0 Å². The lowest BCUT2D eigenvalue weighted by Gasteiger charge is -2.42. The molecule has 2 atom stereocenters. The lowest BCUT2D eigenvalue weighted by Crippen LogP contribution is -2.73. The Morgan fingerprint density at radius 3 is 2.62 bits per heavy atom. The zero-order valence-corrected chi connectivity index (χ0v) is 14.9. The van der Waals surface area contributed by atoms with Crippen LogP contribution in [-0.4, -0.2) is 65.1 Å². The van der Waals surface area contributed by atoms with Crippen LogP contribution >= 0.6 is 11.3 Å². The van der Waals surface area contributed by atoms with Crippen LogP contribution in [0.5, 0.6) is 0 Å². The maximum absolute atomic E-state index is 12.4. The summed E-state index contributed by atoms with van der Waals surface area (Å²) in [6, 6.07) is -1.56. The van der Waals surface area contributed by atoms with Crippen LogP contribution in [0.4, 0.5) is 5.13 Å². The predicted molar refractivity (Wildman–Crippen MR) is 86.0 cm³/mol. The molecular weight excluding hydrogens is 394 g/mol. The summed E-state index contributed by atoms with van der Waals surface area (Å²) in [5.74, 6) is -3.11. The summed E-state index contributed by atoms with van der Waals surface area (Å²) in [6.07, 6.45) is -1.75. The second kappa shape index (κ2) is 7.22. The molecule has 0 radical (unpaired) electrons. The van der Waals surface area contributed by atoms with Crippen molar-refractivity contribution in [2.75, 3.05) is 12.8 Å². The van der Waals surface area contributed by atoms with Crippen LogP contribution in [-0.2, 0) is 34.3 Å². The molecule has 2 heterocycles. The standard InChI is InChI=1S/C11H13N5O8S2/c1-4(17)24-10-7(9(19)16(10)26(20,21)22)14-8(18)6(15-23-2)5-3-25-11(12)13-5/h3,7,10H,1-2H3,(H2,12,13)(H,14,18)(H,20,21,22). The summed E-state index contributed by atoms with van der Waals surface area (Å²) in [5.41, 5.74) is 5.19. The minimum atomic E-state index is -4.98. The quantitative estimate of drug-likeness (QED) is 0.158. The molecule has 26 heavy (non-hydrogen) atoms. The molecular formula is C11H13N5O8S2. The Balaban J connectivity index is 2.24. The first-order chi connectivity index (χ1) is 12.1. The summed E-state index contributed by atoms with van der Waals surface area (Å²) in [6.45, 7) is 0.958. The van der Waals surface area contributed by atoms with Crippen molar-refractivity contribution in [1.82, 2.24) is 14.6 Å². The number of anilines is 1. The van der Waals surface area contributed by atoms with Crippen molar-refractivity contribution in [2.24, 2.45) is 5.16 Å². The minimum absolute atomic E-state index is 0.0503. The Kier molecular flexibility index (Phi) is 5.43. The molecule has 2 rings (SSSR count). The van der Waals surface area contributed by atoms with Gasteiger partial charge in [0, 0.05) is 12.3 Å². The highest BCUT2D eigenvalue weighted by Gasteiger charge is 2.56. The fourth-order valence-electron chi connectivity index (χ4n) is 2.00. The largest absolute Gasteiger partial charge is 0.438 e. The number of esters is 1. The molecule has 15 heteroatoms. The Bertz CT molecular complexity index is 879. The van der Waals surface area contributed by atoms with Gasteiger partial charge in [0.15, 0.2) is 16.9 Å². The van der Waals surface area contributed by atoms with Crippen molar-refractivity contribution >= 4 is 50.3 Å². The Hall–Kier alpha value is -2.78. The third-order valence-corrected chi connectivity index (χ3v) is 4.54. The van der Waals surface area contributed by atoms with Gasteiger partial charge in [0.2, 0.25) is 6.23 Å². The van der Waals surface area contributed by atoms with Gasteiger partial charge in [0.25, 0.3) is 11.8 Å². The maximum atomic E-state index is 12.4. The van der Waals surface area contributed by atoms with Gasteiger partial charge in [-0.05, 0) is 0 Å². The summed E-state index contributed by atoms with van der Waals surface area (Å²) < 4.78 is 36.0. The minimum Gasteiger partial charge on any atom is -0.438 e. The normalized spacial score (nSPS) is 20.3. The number of nitrogens with zero attached hydrogens (tertiary/aromatic N) is 3.